The molecular weight excluding hydrogens is 289 g/mol. The molecule has 0 aliphatic carbocycles. The van der Waals surface area contributed by atoms with E-state index in [4.69, 9.17) is 9.84 Å². The monoisotopic (exact) mass is 305 g/mol. The number of sulfonamides is 1. The highest BCUT2D eigenvalue weighted by molar-refractivity contribution is 7.92. The van der Waals surface area contributed by atoms with E-state index in [0.717, 1.165) is 18.2 Å². The van der Waals surface area contributed by atoms with Gasteiger partial charge in [-0.25, -0.2) is 17.6 Å². The van der Waals surface area contributed by atoms with Crippen LogP contribution in [0.3, 0.4) is 0 Å². The van der Waals surface area contributed by atoms with Crippen molar-refractivity contribution in [3.63, 3.8) is 0 Å². The Morgan fingerprint density at radius 2 is 2.10 bits per heavy atom. The summed E-state index contributed by atoms with van der Waals surface area (Å²) in [6, 6.07) is 2.94. The van der Waals surface area contributed by atoms with Crippen LogP contribution in [-0.4, -0.2) is 38.0 Å². The lowest BCUT2D eigenvalue weighted by molar-refractivity contribution is 0.0696. The SMILES string of the molecule is CC(C)OCCS(=O)(=O)Nc1ccc(C(=O)O)cc1F. The Balaban J connectivity index is 2.75. The second kappa shape index (κ2) is 6.67. The molecule has 0 aromatic heterocycles. The predicted octanol–water partition coefficient (Wildman–Crippen LogP) is 1.69. The van der Waals surface area contributed by atoms with Crippen molar-refractivity contribution in [1.82, 2.24) is 0 Å². The topological polar surface area (TPSA) is 92.7 Å². The maximum atomic E-state index is 13.6. The van der Waals surface area contributed by atoms with Crippen molar-refractivity contribution in [3.05, 3.63) is 29.6 Å². The van der Waals surface area contributed by atoms with Gasteiger partial charge >= 0.3 is 5.97 Å². The Labute approximate surface area is 116 Å². The summed E-state index contributed by atoms with van der Waals surface area (Å²) in [5.41, 5.74) is -0.548. The van der Waals surface area contributed by atoms with Crippen LogP contribution in [0.1, 0.15) is 24.2 Å². The summed E-state index contributed by atoms with van der Waals surface area (Å²) >= 11 is 0. The third-order valence-electron chi connectivity index (χ3n) is 2.28. The molecule has 0 radical (unpaired) electrons. The first-order chi connectivity index (χ1) is 9.21. The van der Waals surface area contributed by atoms with Gasteiger partial charge in [0.15, 0.2) is 0 Å². The van der Waals surface area contributed by atoms with Crippen LogP contribution in [0.4, 0.5) is 10.1 Å². The van der Waals surface area contributed by atoms with Gasteiger partial charge in [0, 0.05) is 0 Å². The molecule has 0 amide bonds. The van der Waals surface area contributed by atoms with Crippen LogP contribution in [0.5, 0.6) is 0 Å². The Bertz CT molecular complexity index is 586. The zero-order valence-electron chi connectivity index (χ0n) is 11.1. The summed E-state index contributed by atoms with van der Waals surface area (Å²) in [7, 11) is -3.75. The van der Waals surface area contributed by atoms with Crippen LogP contribution in [0.2, 0.25) is 0 Å². The highest BCUT2D eigenvalue weighted by Gasteiger charge is 2.15. The third kappa shape index (κ3) is 5.14. The lowest BCUT2D eigenvalue weighted by Crippen LogP contribution is -2.22. The second-order valence-electron chi connectivity index (χ2n) is 4.34. The van der Waals surface area contributed by atoms with Crippen LogP contribution in [0.15, 0.2) is 18.2 Å². The number of aromatic carboxylic acids is 1. The fourth-order valence-corrected chi connectivity index (χ4v) is 2.26. The zero-order valence-corrected chi connectivity index (χ0v) is 11.9. The predicted molar refractivity (Wildman–Crippen MR) is 71.9 cm³/mol. The molecule has 6 nitrogen and oxygen atoms in total. The quantitative estimate of drug-likeness (QED) is 0.799. The van der Waals surface area contributed by atoms with Crippen LogP contribution < -0.4 is 4.72 Å². The first-order valence-electron chi connectivity index (χ1n) is 5.86. The molecule has 0 bridgehead atoms. The van der Waals surface area contributed by atoms with Crippen molar-refractivity contribution < 1.29 is 27.4 Å². The fourth-order valence-electron chi connectivity index (χ4n) is 1.34. The molecular formula is C12H16FNO5S. The van der Waals surface area contributed by atoms with Crippen molar-refractivity contribution in [1.29, 1.82) is 0 Å². The molecule has 0 unspecified atom stereocenters. The smallest absolute Gasteiger partial charge is 0.335 e. The number of carboxylic acid groups (broad SMARTS) is 1. The van der Waals surface area contributed by atoms with Gasteiger partial charge in [0.1, 0.15) is 5.82 Å². The van der Waals surface area contributed by atoms with E-state index in [1.54, 1.807) is 13.8 Å². The second-order valence-corrected chi connectivity index (χ2v) is 6.18. The number of halogens is 1. The normalized spacial score (nSPS) is 11.6. The van der Waals surface area contributed by atoms with Crippen LogP contribution in [0, 0.1) is 5.82 Å². The van der Waals surface area contributed by atoms with Gasteiger partial charge in [0.25, 0.3) is 0 Å². The number of anilines is 1. The molecule has 0 atom stereocenters. The molecule has 1 aromatic carbocycles. The number of carboxylic acids is 1. The van der Waals surface area contributed by atoms with Gasteiger partial charge < -0.3 is 9.84 Å². The van der Waals surface area contributed by atoms with Crippen molar-refractivity contribution in [2.45, 2.75) is 20.0 Å². The number of ether oxygens (including phenoxy) is 1. The van der Waals surface area contributed by atoms with Gasteiger partial charge in [-0.1, -0.05) is 0 Å². The Hall–Kier alpha value is -1.67. The molecule has 0 fully saturated rings. The average molecular weight is 305 g/mol. The lowest BCUT2D eigenvalue weighted by Gasteiger charge is -2.11. The van der Waals surface area contributed by atoms with Gasteiger partial charge in [-0.3, -0.25) is 4.72 Å². The van der Waals surface area contributed by atoms with Crippen molar-refractivity contribution in [2.75, 3.05) is 17.1 Å². The van der Waals surface area contributed by atoms with E-state index in [2.05, 4.69) is 4.72 Å². The number of hydrogen-bond donors (Lipinski definition) is 2. The lowest BCUT2D eigenvalue weighted by atomic mass is 10.2. The molecule has 0 spiro atoms. The molecule has 8 heteroatoms. The average Bonchev–Trinajstić information content (AvgIpc) is 2.30. The minimum atomic E-state index is -3.75. The standard InChI is InChI=1S/C12H16FNO5S/c1-8(2)19-5-6-20(17,18)14-11-4-3-9(12(15)16)7-10(11)13/h3-4,7-8,14H,5-6H2,1-2H3,(H,15,16). The highest BCUT2D eigenvalue weighted by atomic mass is 32.2. The zero-order chi connectivity index (χ0) is 15.3. The third-order valence-corrected chi connectivity index (χ3v) is 3.52. The molecule has 1 rings (SSSR count). The Morgan fingerprint density at radius 1 is 1.45 bits per heavy atom. The summed E-state index contributed by atoms with van der Waals surface area (Å²) in [6.07, 6.45) is -0.100. The van der Waals surface area contributed by atoms with Crippen molar-refractivity contribution >= 4 is 21.7 Å². The highest BCUT2D eigenvalue weighted by Crippen LogP contribution is 2.17. The summed E-state index contributed by atoms with van der Waals surface area (Å²) < 4.78 is 44.1. The van der Waals surface area contributed by atoms with E-state index in [1.165, 1.54) is 0 Å². The fraction of sp³-hybridized carbons (Fsp3) is 0.417. The van der Waals surface area contributed by atoms with Gasteiger partial charge in [-0.15, -0.1) is 0 Å². The maximum absolute atomic E-state index is 13.6. The minimum Gasteiger partial charge on any atom is -0.478 e. The van der Waals surface area contributed by atoms with Gasteiger partial charge in [-0.2, -0.15) is 0 Å². The number of hydrogen-bond acceptors (Lipinski definition) is 4. The molecule has 0 aliphatic rings. The largest absolute Gasteiger partial charge is 0.478 e. The van der Waals surface area contributed by atoms with E-state index >= 15 is 0 Å². The van der Waals surface area contributed by atoms with E-state index < -0.39 is 21.8 Å². The van der Waals surface area contributed by atoms with Gasteiger partial charge in [-0.05, 0) is 32.0 Å². The molecule has 2 N–H and O–H groups in total. The molecule has 0 heterocycles. The molecule has 0 saturated carbocycles. The van der Waals surface area contributed by atoms with E-state index in [0.29, 0.717) is 0 Å². The summed E-state index contributed by atoms with van der Waals surface area (Å²) in [5.74, 6) is -2.55. The van der Waals surface area contributed by atoms with Gasteiger partial charge in [0.2, 0.25) is 10.0 Å². The number of nitrogens with one attached hydrogen (secondary N) is 1. The molecule has 0 saturated heterocycles. The molecule has 1 aromatic rings. The first-order valence-corrected chi connectivity index (χ1v) is 7.51. The van der Waals surface area contributed by atoms with E-state index in [-0.39, 0.29) is 29.7 Å². The van der Waals surface area contributed by atoms with Crippen molar-refractivity contribution in [2.24, 2.45) is 0 Å². The van der Waals surface area contributed by atoms with Gasteiger partial charge in [0.05, 0.1) is 29.7 Å². The number of rotatable bonds is 7. The first kappa shape index (κ1) is 16.4. The van der Waals surface area contributed by atoms with E-state index in [1.807, 2.05) is 0 Å². The number of carbonyl (C=O) groups is 1. The Morgan fingerprint density at radius 3 is 2.60 bits per heavy atom. The number of benzene rings is 1. The van der Waals surface area contributed by atoms with Crippen LogP contribution >= 0.6 is 0 Å². The summed E-state index contributed by atoms with van der Waals surface area (Å²) in [6.45, 7) is 3.52. The van der Waals surface area contributed by atoms with Crippen molar-refractivity contribution in [3.8, 4) is 0 Å². The summed E-state index contributed by atoms with van der Waals surface area (Å²) in [5, 5.41) is 8.68. The molecule has 0 aliphatic heterocycles. The van der Waals surface area contributed by atoms with E-state index in [9.17, 15) is 17.6 Å². The Kier molecular flexibility index (Phi) is 5.46. The van der Waals surface area contributed by atoms with Crippen LogP contribution in [0.25, 0.3) is 0 Å². The molecule has 20 heavy (non-hydrogen) atoms. The minimum absolute atomic E-state index is 0.0121. The van der Waals surface area contributed by atoms with Crippen LogP contribution in [-0.2, 0) is 14.8 Å². The summed E-state index contributed by atoms with van der Waals surface area (Å²) in [4.78, 5) is 10.6. The molecule has 112 valence electrons. The maximum Gasteiger partial charge on any atom is 0.335 e.